The monoisotopic (exact) mass is 310 g/mol. The van der Waals surface area contributed by atoms with Crippen LogP contribution in [0.25, 0.3) is 5.69 Å². The summed E-state index contributed by atoms with van der Waals surface area (Å²) < 4.78 is 19.0. The van der Waals surface area contributed by atoms with E-state index in [0.29, 0.717) is 15.6 Å². The van der Waals surface area contributed by atoms with E-state index in [0.717, 1.165) is 5.69 Å². The number of imidazole rings is 1. The highest BCUT2D eigenvalue weighted by Gasteiger charge is 2.28. The minimum Gasteiger partial charge on any atom is -0.461 e. The Morgan fingerprint density at radius 1 is 1.55 bits per heavy atom. The first-order chi connectivity index (χ1) is 9.61. The molecule has 7 heteroatoms. The van der Waals surface area contributed by atoms with Crippen molar-refractivity contribution in [2.24, 2.45) is 0 Å². The van der Waals surface area contributed by atoms with Crippen LogP contribution in [-0.4, -0.2) is 26.3 Å². The second kappa shape index (κ2) is 5.03. The highest BCUT2D eigenvalue weighted by molar-refractivity contribution is 7.84. The first-order valence-electron chi connectivity index (χ1n) is 6.03. The molecule has 0 spiro atoms. The first kappa shape index (κ1) is 13.3. The van der Waals surface area contributed by atoms with Crippen LogP contribution in [0, 0.1) is 0 Å². The molecule has 1 aromatic carbocycles. The van der Waals surface area contributed by atoms with Crippen molar-refractivity contribution in [3.05, 3.63) is 40.9 Å². The maximum atomic E-state index is 12.3. The average Bonchev–Trinajstić information content (AvgIpc) is 2.83. The summed E-state index contributed by atoms with van der Waals surface area (Å²) in [5.74, 6) is -0.266. The van der Waals surface area contributed by atoms with Gasteiger partial charge in [-0.3, -0.25) is 4.21 Å². The van der Waals surface area contributed by atoms with Crippen LogP contribution in [0.1, 0.15) is 23.1 Å². The largest absolute Gasteiger partial charge is 0.461 e. The van der Waals surface area contributed by atoms with Gasteiger partial charge in [0, 0.05) is 5.02 Å². The van der Waals surface area contributed by atoms with Gasteiger partial charge in [0.1, 0.15) is 6.33 Å². The van der Waals surface area contributed by atoms with Gasteiger partial charge in [0.05, 0.1) is 39.4 Å². The molecule has 0 fully saturated rings. The predicted molar refractivity (Wildman–Crippen MR) is 74.6 cm³/mol. The maximum absolute atomic E-state index is 12.3. The van der Waals surface area contributed by atoms with Gasteiger partial charge < -0.3 is 9.30 Å². The van der Waals surface area contributed by atoms with E-state index in [1.165, 1.54) is 0 Å². The number of ether oxygens (including phenoxy) is 1. The van der Waals surface area contributed by atoms with Gasteiger partial charge in [-0.05, 0) is 25.1 Å². The Morgan fingerprint density at radius 3 is 3.10 bits per heavy atom. The summed E-state index contributed by atoms with van der Waals surface area (Å²) in [6, 6.07) is 5.17. The van der Waals surface area contributed by atoms with Crippen LogP contribution in [0.5, 0.6) is 0 Å². The zero-order valence-electron chi connectivity index (χ0n) is 10.6. The van der Waals surface area contributed by atoms with Crippen LogP contribution < -0.4 is 0 Å². The van der Waals surface area contributed by atoms with Gasteiger partial charge in [0.25, 0.3) is 0 Å². The standard InChI is InChI=1S/C13H11ClN2O3S/c1-2-19-13(17)12-10-6-20(18)11-5-8(14)3-4-9(11)16(10)7-15-12/h3-5,7H,2,6H2,1H3. The number of carbonyl (C=O) groups is 1. The lowest BCUT2D eigenvalue weighted by Gasteiger charge is -2.19. The number of halogens is 1. The van der Waals surface area contributed by atoms with Gasteiger partial charge in [-0.15, -0.1) is 0 Å². The lowest BCUT2D eigenvalue weighted by Crippen LogP contribution is -2.17. The number of nitrogens with zero attached hydrogens (tertiary/aromatic N) is 2. The van der Waals surface area contributed by atoms with Crippen molar-refractivity contribution < 1.29 is 13.7 Å². The molecule has 3 rings (SSSR count). The zero-order chi connectivity index (χ0) is 14.3. The summed E-state index contributed by atoms with van der Waals surface area (Å²) in [4.78, 5) is 16.6. The molecular weight excluding hydrogens is 300 g/mol. The number of hydrogen-bond donors (Lipinski definition) is 0. The summed E-state index contributed by atoms with van der Waals surface area (Å²) in [6.45, 7) is 2.01. The number of aromatic nitrogens is 2. The molecule has 0 saturated carbocycles. The fraction of sp³-hybridized carbons (Fsp3) is 0.231. The molecule has 2 aromatic rings. The smallest absolute Gasteiger partial charge is 0.358 e. The van der Waals surface area contributed by atoms with Crippen molar-refractivity contribution in [3.63, 3.8) is 0 Å². The Hall–Kier alpha value is -1.66. The molecular formula is C13H11ClN2O3S. The second-order valence-corrected chi connectivity index (χ2v) is 6.09. The Balaban J connectivity index is 2.14. The molecule has 1 aliphatic heterocycles. The molecule has 104 valence electrons. The summed E-state index contributed by atoms with van der Waals surface area (Å²) in [5.41, 5.74) is 1.56. The van der Waals surface area contributed by atoms with Crippen LogP contribution in [0.15, 0.2) is 29.4 Å². The summed E-state index contributed by atoms with van der Waals surface area (Å²) in [5, 5.41) is 0.534. The number of esters is 1. The van der Waals surface area contributed by atoms with Crippen LogP contribution in [-0.2, 0) is 21.3 Å². The topological polar surface area (TPSA) is 61.2 Å². The van der Waals surface area contributed by atoms with E-state index in [1.54, 1.807) is 36.0 Å². The molecule has 1 aromatic heterocycles. The quantitative estimate of drug-likeness (QED) is 0.799. The van der Waals surface area contributed by atoms with Gasteiger partial charge in [0.2, 0.25) is 0 Å². The molecule has 0 amide bonds. The molecule has 1 unspecified atom stereocenters. The summed E-state index contributed by atoms with van der Waals surface area (Å²) in [6.07, 6.45) is 1.55. The third-order valence-electron chi connectivity index (χ3n) is 3.03. The minimum absolute atomic E-state index is 0.223. The van der Waals surface area contributed by atoms with E-state index in [-0.39, 0.29) is 18.1 Å². The third-order valence-corrected chi connectivity index (χ3v) is 4.62. The van der Waals surface area contributed by atoms with E-state index < -0.39 is 16.8 Å². The van der Waals surface area contributed by atoms with Gasteiger partial charge in [-0.1, -0.05) is 11.6 Å². The Kier molecular flexibility index (Phi) is 3.35. The number of hydrogen-bond acceptors (Lipinski definition) is 4. The van der Waals surface area contributed by atoms with Gasteiger partial charge in [-0.25, -0.2) is 9.78 Å². The van der Waals surface area contributed by atoms with Gasteiger partial charge in [-0.2, -0.15) is 0 Å². The van der Waals surface area contributed by atoms with E-state index >= 15 is 0 Å². The molecule has 0 N–H and O–H groups in total. The second-order valence-electron chi connectivity index (χ2n) is 4.23. The Labute approximate surface area is 123 Å². The number of carbonyl (C=O) groups excluding carboxylic acids is 1. The van der Waals surface area contributed by atoms with Gasteiger partial charge >= 0.3 is 5.97 Å². The SMILES string of the molecule is CCOC(=O)c1ncn2c1CS(=O)c1cc(Cl)ccc1-2. The van der Waals surface area contributed by atoms with Crippen LogP contribution in [0.3, 0.4) is 0 Å². The van der Waals surface area contributed by atoms with Crippen molar-refractivity contribution in [1.82, 2.24) is 9.55 Å². The van der Waals surface area contributed by atoms with Crippen LogP contribution in [0.4, 0.5) is 0 Å². The first-order valence-corrected chi connectivity index (χ1v) is 7.73. The average molecular weight is 311 g/mol. The molecule has 5 nitrogen and oxygen atoms in total. The molecule has 0 bridgehead atoms. The minimum atomic E-state index is -1.25. The van der Waals surface area contributed by atoms with E-state index in [1.807, 2.05) is 0 Å². The molecule has 0 radical (unpaired) electrons. The normalized spacial score (nSPS) is 16.4. The van der Waals surface area contributed by atoms with Crippen molar-refractivity contribution in [2.45, 2.75) is 17.6 Å². The lowest BCUT2D eigenvalue weighted by molar-refractivity contribution is 0.0519. The molecule has 2 heterocycles. The van der Waals surface area contributed by atoms with E-state index in [4.69, 9.17) is 16.3 Å². The highest BCUT2D eigenvalue weighted by Crippen LogP contribution is 2.31. The third kappa shape index (κ3) is 2.05. The Morgan fingerprint density at radius 2 is 2.35 bits per heavy atom. The van der Waals surface area contributed by atoms with Crippen LogP contribution in [0.2, 0.25) is 5.02 Å². The number of fused-ring (bicyclic) bond motifs is 3. The Bertz CT molecular complexity index is 726. The van der Waals surface area contributed by atoms with E-state index in [9.17, 15) is 9.00 Å². The van der Waals surface area contributed by atoms with E-state index in [2.05, 4.69) is 4.98 Å². The van der Waals surface area contributed by atoms with Crippen LogP contribution >= 0.6 is 11.6 Å². The van der Waals surface area contributed by atoms with Crippen molar-refractivity contribution in [1.29, 1.82) is 0 Å². The maximum Gasteiger partial charge on any atom is 0.358 e. The molecule has 0 aliphatic carbocycles. The molecule has 1 atom stereocenters. The lowest BCUT2D eigenvalue weighted by atomic mass is 10.2. The summed E-state index contributed by atoms with van der Waals surface area (Å²) in [7, 11) is -1.25. The van der Waals surface area contributed by atoms with Gasteiger partial charge in [0.15, 0.2) is 5.69 Å². The van der Waals surface area contributed by atoms with Crippen molar-refractivity contribution in [2.75, 3.05) is 6.61 Å². The van der Waals surface area contributed by atoms with Crippen molar-refractivity contribution >= 4 is 28.4 Å². The zero-order valence-corrected chi connectivity index (χ0v) is 12.2. The highest BCUT2D eigenvalue weighted by atomic mass is 35.5. The molecule has 20 heavy (non-hydrogen) atoms. The molecule has 1 aliphatic rings. The fourth-order valence-electron chi connectivity index (χ4n) is 2.16. The fourth-order valence-corrected chi connectivity index (χ4v) is 3.74. The molecule has 0 saturated heterocycles. The van der Waals surface area contributed by atoms with Crippen molar-refractivity contribution in [3.8, 4) is 5.69 Å². The number of rotatable bonds is 2. The summed E-state index contributed by atoms with van der Waals surface area (Å²) >= 11 is 5.93. The number of benzene rings is 1. The predicted octanol–water partition coefficient (Wildman–Crippen LogP) is 2.32.